The molecule has 0 bridgehead atoms. The quantitative estimate of drug-likeness (QED) is 0.820. The molecular formula is C17H23NO4. The number of nitrogens with one attached hydrogen (secondary N) is 1. The maximum absolute atomic E-state index is 12.0. The van der Waals surface area contributed by atoms with Crippen molar-refractivity contribution in [1.29, 1.82) is 0 Å². The highest BCUT2D eigenvalue weighted by atomic mass is 16.5. The maximum atomic E-state index is 12.0. The van der Waals surface area contributed by atoms with E-state index >= 15 is 0 Å². The molecule has 0 aliphatic heterocycles. The lowest BCUT2D eigenvalue weighted by molar-refractivity contribution is -0.124. The van der Waals surface area contributed by atoms with E-state index in [9.17, 15) is 9.59 Å². The lowest BCUT2D eigenvalue weighted by atomic mass is 9.87. The Morgan fingerprint density at radius 3 is 2.64 bits per heavy atom. The first kappa shape index (κ1) is 16.3. The van der Waals surface area contributed by atoms with Crippen molar-refractivity contribution in [2.24, 2.45) is 5.92 Å². The van der Waals surface area contributed by atoms with Crippen LogP contribution in [0.25, 0.3) is 0 Å². The van der Waals surface area contributed by atoms with Gasteiger partial charge in [-0.05, 0) is 49.8 Å². The van der Waals surface area contributed by atoms with Gasteiger partial charge in [-0.1, -0.05) is 6.92 Å². The third-order valence-electron chi connectivity index (χ3n) is 4.06. The second-order valence-electron chi connectivity index (χ2n) is 5.84. The lowest BCUT2D eigenvalue weighted by Crippen LogP contribution is -2.39. The number of rotatable bonds is 6. The van der Waals surface area contributed by atoms with Crippen molar-refractivity contribution in [2.45, 2.75) is 38.6 Å². The van der Waals surface area contributed by atoms with Gasteiger partial charge in [0.1, 0.15) is 6.29 Å². The van der Waals surface area contributed by atoms with Gasteiger partial charge in [-0.2, -0.15) is 0 Å². The number of carbonyl (C=O) groups is 2. The normalized spacial score (nSPS) is 21.0. The van der Waals surface area contributed by atoms with Gasteiger partial charge in [0.25, 0.3) is 5.91 Å². The van der Waals surface area contributed by atoms with E-state index in [1.807, 2.05) is 0 Å². The summed E-state index contributed by atoms with van der Waals surface area (Å²) in [5.74, 6) is 1.52. The van der Waals surface area contributed by atoms with Crippen LogP contribution in [0.4, 0.5) is 0 Å². The zero-order chi connectivity index (χ0) is 15.9. The van der Waals surface area contributed by atoms with Gasteiger partial charge < -0.3 is 14.8 Å². The van der Waals surface area contributed by atoms with Crippen LogP contribution in [0.2, 0.25) is 0 Å². The number of hydrogen-bond donors (Lipinski definition) is 1. The fourth-order valence-corrected chi connectivity index (χ4v) is 2.70. The molecule has 0 aromatic heterocycles. The fraction of sp³-hybridized carbons (Fsp3) is 0.529. The molecule has 1 fully saturated rings. The summed E-state index contributed by atoms with van der Waals surface area (Å²) in [4.78, 5) is 22.8. The predicted molar refractivity (Wildman–Crippen MR) is 83.4 cm³/mol. The molecule has 120 valence electrons. The summed E-state index contributed by atoms with van der Waals surface area (Å²) in [6, 6.07) is 5.11. The van der Waals surface area contributed by atoms with Crippen LogP contribution in [0.15, 0.2) is 18.2 Å². The topological polar surface area (TPSA) is 64.6 Å². The second-order valence-corrected chi connectivity index (χ2v) is 5.84. The van der Waals surface area contributed by atoms with Crippen molar-refractivity contribution >= 4 is 12.2 Å². The van der Waals surface area contributed by atoms with Crippen LogP contribution in [0.3, 0.4) is 0 Å². The van der Waals surface area contributed by atoms with Gasteiger partial charge in [0.2, 0.25) is 0 Å². The Balaban J connectivity index is 1.86. The summed E-state index contributed by atoms with van der Waals surface area (Å²) in [6.07, 6.45) is 5.09. The zero-order valence-electron chi connectivity index (χ0n) is 13.1. The number of benzene rings is 1. The molecule has 0 heterocycles. The lowest BCUT2D eigenvalue weighted by Gasteiger charge is -2.26. The summed E-state index contributed by atoms with van der Waals surface area (Å²) in [5.41, 5.74) is 0.484. The van der Waals surface area contributed by atoms with Gasteiger partial charge in [0, 0.05) is 11.6 Å². The van der Waals surface area contributed by atoms with Crippen LogP contribution in [0.1, 0.15) is 43.0 Å². The molecule has 1 saturated carbocycles. The molecule has 1 aliphatic carbocycles. The Kier molecular flexibility index (Phi) is 5.81. The second kappa shape index (κ2) is 7.82. The van der Waals surface area contributed by atoms with E-state index in [2.05, 4.69) is 12.2 Å². The van der Waals surface area contributed by atoms with E-state index in [0.29, 0.717) is 17.1 Å². The van der Waals surface area contributed by atoms with Crippen molar-refractivity contribution in [3.05, 3.63) is 23.8 Å². The predicted octanol–water partition coefficient (Wildman–Crippen LogP) is 2.58. The summed E-state index contributed by atoms with van der Waals surface area (Å²) in [5, 5.41) is 3.00. The van der Waals surface area contributed by atoms with Gasteiger partial charge in [-0.25, -0.2) is 0 Å². The van der Waals surface area contributed by atoms with E-state index in [1.165, 1.54) is 7.11 Å². The monoisotopic (exact) mass is 305 g/mol. The molecule has 5 nitrogen and oxygen atoms in total. The molecule has 1 amide bonds. The van der Waals surface area contributed by atoms with Gasteiger partial charge in [-0.15, -0.1) is 0 Å². The molecule has 0 spiro atoms. The van der Waals surface area contributed by atoms with Crippen LogP contribution in [-0.4, -0.2) is 32.0 Å². The van der Waals surface area contributed by atoms with Crippen molar-refractivity contribution < 1.29 is 19.1 Å². The van der Waals surface area contributed by atoms with E-state index in [-0.39, 0.29) is 18.6 Å². The van der Waals surface area contributed by atoms with Gasteiger partial charge in [0.05, 0.1) is 7.11 Å². The number of carbonyl (C=O) groups excluding carboxylic acids is 2. The molecule has 0 unspecified atom stereocenters. The summed E-state index contributed by atoms with van der Waals surface area (Å²) in [6.45, 7) is 2.16. The van der Waals surface area contributed by atoms with E-state index < -0.39 is 0 Å². The molecular weight excluding hydrogens is 282 g/mol. The van der Waals surface area contributed by atoms with E-state index in [1.54, 1.807) is 18.2 Å². The molecule has 1 aliphatic rings. The Morgan fingerprint density at radius 1 is 1.27 bits per heavy atom. The standard InChI is InChI=1S/C17H23NO4/c1-12-3-6-14(7-4-12)18-17(20)11-22-16-9-13(10-19)5-8-15(16)21-2/h5,8-10,12,14H,3-4,6-7,11H2,1-2H3,(H,18,20). The first-order chi connectivity index (χ1) is 10.6. The first-order valence-electron chi connectivity index (χ1n) is 7.67. The molecule has 1 aromatic carbocycles. The minimum absolute atomic E-state index is 0.0786. The van der Waals surface area contributed by atoms with Crippen molar-refractivity contribution in [1.82, 2.24) is 5.32 Å². The van der Waals surface area contributed by atoms with Crippen LogP contribution in [0, 0.1) is 5.92 Å². The van der Waals surface area contributed by atoms with E-state index in [0.717, 1.165) is 37.9 Å². The molecule has 2 rings (SSSR count). The number of aldehydes is 1. The smallest absolute Gasteiger partial charge is 0.258 e. The van der Waals surface area contributed by atoms with Crippen LogP contribution in [0.5, 0.6) is 11.5 Å². The highest BCUT2D eigenvalue weighted by molar-refractivity contribution is 5.79. The summed E-state index contributed by atoms with van der Waals surface area (Å²) < 4.78 is 10.7. The molecule has 0 saturated heterocycles. The largest absolute Gasteiger partial charge is 0.493 e. The number of amides is 1. The van der Waals surface area contributed by atoms with Gasteiger partial charge in [-0.3, -0.25) is 9.59 Å². The molecule has 1 aromatic rings. The number of hydrogen-bond acceptors (Lipinski definition) is 4. The molecule has 0 atom stereocenters. The Labute approximate surface area is 131 Å². The molecule has 5 heteroatoms. The zero-order valence-corrected chi connectivity index (χ0v) is 13.1. The van der Waals surface area contributed by atoms with Crippen LogP contribution >= 0.6 is 0 Å². The SMILES string of the molecule is COc1ccc(C=O)cc1OCC(=O)NC1CCC(C)CC1. The Bertz CT molecular complexity index is 521. The maximum Gasteiger partial charge on any atom is 0.258 e. The minimum Gasteiger partial charge on any atom is -0.493 e. The van der Waals surface area contributed by atoms with Crippen LogP contribution < -0.4 is 14.8 Å². The summed E-state index contributed by atoms with van der Waals surface area (Å²) >= 11 is 0. The third-order valence-corrected chi connectivity index (χ3v) is 4.06. The number of methoxy groups -OCH3 is 1. The number of ether oxygens (including phenoxy) is 2. The average molecular weight is 305 g/mol. The molecule has 1 N–H and O–H groups in total. The van der Waals surface area contributed by atoms with Crippen molar-refractivity contribution in [2.75, 3.05) is 13.7 Å². The Hall–Kier alpha value is -2.04. The van der Waals surface area contributed by atoms with Crippen LogP contribution in [-0.2, 0) is 4.79 Å². The van der Waals surface area contributed by atoms with E-state index in [4.69, 9.17) is 9.47 Å². The van der Waals surface area contributed by atoms with Gasteiger partial charge >= 0.3 is 0 Å². The molecule has 0 radical (unpaired) electrons. The van der Waals surface area contributed by atoms with Gasteiger partial charge in [0.15, 0.2) is 18.1 Å². The van der Waals surface area contributed by atoms with Crippen molar-refractivity contribution in [3.63, 3.8) is 0 Å². The fourth-order valence-electron chi connectivity index (χ4n) is 2.70. The Morgan fingerprint density at radius 2 is 2.00 bits per heavy atom. The highest BCUT2D eigenvalue weighted by Gasteiger charge is 2.20. The minimum atomic E-state index is -0.141. The third kappa shape index (κ3) is 4.48. The van der Waals surface area contributed by atoms with Crippen molar-refractivity contribution in [3.8, 4) is 11.5 Å². The summed E-state index contributed by atoms with van der Waals surface area (Å²) in [7, 11) is 1.52. The average Bonchev–Trinajstić information content (AvgIpc) is 2.54. The first-order valence-corrected chi connectivity index (χ1v) is 7.67. The highest BCUT2D eigenvalue weighted by Crippen LogP contribution is 2.27. The molecule has 22 heavy (non-hydrogen) atoms.